The van der Waals surface area contributed by atoms with Crippen LogP contribution in [0.15, 0.2) is 0 Å². The van der Waals surface area contributed by atoms with Gasteiger partial charge in [0.25, 0.3) is 11.8 Å². The van der Waals surface area contributed by atoms with Crippen LogP contribution in [0.1, 0.15) is 27.7 Å². The minimum Gasteiger partial charge on any atom is -0.346 e. The van der Waals surface area contributed by atoms with Crippen LogP contribution in [0.4, 0.5) is 0 Å². The molecule has 6 heteroatoms. The molecular weight excluding hydrogens is 244 g/mol. The summed E-state index contributed by atoms with van der Waals surface area (Å²) in [4.78, 5) is 24.5. The molecule has 1 fully saturated rings. The van der Waals surface area contributed by atoms with Crippen molar-refractivity contribution < 1.29 is 14.5 Å². The average molecular weight is 267 g/mol. The van der Waals surface area contributed by atoms with Gasteiger partial charge in [0.15, 0.2) is 12.6 Å². The number of hydrogen-bond donors (Lipinski definition) is 3. The van der Waals surface area contributed by atoms with E-state index in [1.54, 1.807) is 13.8 Å². The average Bonchev–Trinajstić information content (AvgIpc) is 2.37. The Balaban J connectivity index is 2.67. The van der Waals surface area contributed by atoms with Crippen molar-refractivity contribution in [1.29, 1.82) is 5.26 Å². The summed E-state index contributed by atoms with van der Waals surface area (Å²) >= 11 is 0. The molecule has 0 bridgehead atoms. The maximum absolute atomic E-state index is 12.2. The Kier molecular flexibility index (Phi) is 4.90. The lowest BCUT2D eigenvalue weighted by atomic mass is 9.89. The highest BCUT2D eigenvalue weighted by Crippen LogP contribution is 2.14. The van der Waals surface area contributed by atoms with Crippen molar-refractivity contribution in [2.24, 2.45) is 5.92 Å². The van der Waals surface area contributed by atoms with E-state index in [1.807, 2.05) is 13.8 Å². The zero-order valence-corrected chi connectivity index (χ0v) is 12.0. The van der Waals surface area contributed by atoms with Gasteiger partial charge in [0, 0.05) is 0 Å². The Bertz CT molecular complexity index is 402. The predicted octanol–water partition coefficient (Wildman–Crippen LogP) is -1.56. The molecule has 1 aliphatic rings. The number of quaternary nitrogens is 1. The highest BCUT2D eigenvalue weighted by molar-refractivity contribution is 5.82. The fourth-order valence-electron chi connectivity index (χ4n) is 1.94. The lowest BCUT2D eigenvalue weighted by Crippen LogP contribution is -3.19. The minimum absolute atomic E-state index is 0.0216. The first-order chi connectivity index (χ1) is 8.80. The van der Waals surface area contributed by atoms with Gasteiger partial charge in [-0.05, 0) is 19.8 Å². The fourth-order valence-corrected chi connectivity index (χ4v) is 1.94. The van der Waals surface area contributed by atoms with Crippen molar-refractivity contribution in [3.8, 4) is 6.07 Å². The maximum Gasteiger partial charge on any atom is 0.279 e. The number of rotatable bonds is 4. The van der Waals surface area contributed by atoms with Gasteiger partial charge < -0.3 is 15.5 Å². The molecule has 0 spiro atoms. The van der Waals surface area contributed by atoms with Gasteiger partial charge in [-0.25, -0.2) is 0 Å². The summed E-state index contributed by atoms with van der Waals surface area (Å²) in [5.41, 5.74) is -0.872. The molecule has 1 aliphatic heterocycles. The van der Waals surface area contributed by atoms with Crippen molar-refractivity contribution in [3.63, 3.8) is 0 Å². The van der Waals surface area contributed by atoms with Crippen LogP contribution < -0.4 is 15.5 Å². The summed E-state index contributed by atoms with van der Waals surface area (Å²) < 4.78 is 0. The third-order valence-corrected chi connectivity index (χ3v) is 3.93. The van der Waals surface area contributed by atoms with E-state index in [4.69, 9.17) is 0 Å². The molecule has 1 saturated heterocycles. The molecule has 106 valence electrons. The summed E-state index contributed by atoms with van der Waals surface area (Å²) in [6.07, 6.45) is 0. The highest BCUT2D eigenvalue weighted by Gasteiger charge is 2.36. The molecule has 3 N–H and O–H groups in total. The highest BCUT2D eigenvalue weighted by atomic mass is 16.2. The first kappa shape index (κ1) is 15.4. The molecule has 0 aromatic carbocycles. The van der Waals surface area contributed by atoms with Gasteiger partial charge in [0.2, 0.25) is 0 Å². The molecule has 0 aromatic heterocycles. The Hall–Kier alpha value is -1.61. The van der Waals surface area contributed by atoms with E-state index < -0.39 is 5.54 Å². The van der Waals surface area contributed by atoms with Gasteiger partial charge in [0.1, 0.15) is 5.54 Å². The Morgan fingerprint density at radius 3 is 2.63 bits per heavy atom. The summed E-state index contributed by atoms with van der Waals surface area (Å²) in [7, 11) is 0. The number of carbonyl (C=O) groups excluding carboxylic acids is 2. The van der Waals surface area contributed by atoms with Crippen molar-refractivity contribution in [2.75, 3.05) is 19.6 Å². The van der Waals surface area contributed by atoms with Crippen molar-refractivity contribution >= 4 is 11.8 Å². The van der Waals surface area contributed by atoms with E-state index >= 15 is 0 Å². The van der Waals surface area contributed by atoms with E-state index in [0.29, 0.717) is 13.1 Å². The van der Waals surface area contributed by atoms with Gasteiger partial charge in [0.05, 0.1) is 19.2 Å². The largest absolute Gasteiger partial charge is 0.346 e. The monoisotopic (exact) mass is 267 g/mol. The molecule has 1 rings (SSSR count). The number of piperazine rings is 1. The Morgan fingerprint density at radius 1 is 1.53 bits per heavy atom. The molecular formula is C13H23N4O2+. The molecule has 3 atom stereocenters. The van der Waals surface area contributed by atoms with Crippen LogP contribution in [0.25, 0.3) is 0 Å². The molecule has 0 radical (unpaired) electrons. The minimum atomic E-state index is -0.872. The van der Waals surface area contributed by atoms with E-state index in [1.165, 1.54) is 0 Å². The summed E-state index contributed by atoms with van der Waals surface area (Å²) in [6, 6.07) is 1.82. The van der Waals surface area contributed by atoms with Crippen LogP contribution in [0.3, 0.4) is 0 Å². The number of amides is 2. The Morgan fingerprint density at radius 2 is 2.16 bits per heavy atom. The van der Waals surface area contributed by atoms with Crippen LogP contribution in [-0.4, -0.2) is 43.0 Å². The fraction of sp³-hybridized carbons (Fsp3) is 0.769. The van der Waals surface area contributed by atoms with Crippen molar-refractivity contribution in [2.45, 2.75) is 39.3 Å². The normalized spacial score (nSPS) is 24.0. The predicted molar refractivity (Wildman–Crippen MR) is 70.2 cm³/mol. The standard InChI is InChI=1S/C13H22N4O2/c1-9(2)13(4,8-14)16-12(19)10(3)17-6-5-15-11(18)7-17/h9-10H,5-7H2,1-4H3,(H,15,18)(H,16,19)/p+1/t10-,13-/m1/s1. The zero-order valence-electron chi connectivity index (χ0n) is 12.0. The molecule has 2 amide bonds. The smallest absolute Gasteiger partial charge is 0.279 e. The lowest BCUT2D eigenvalue weighted by molar-refractivity contribution is -0.907. The zero-order chi connectivity index (χ0) is 14.6. The topological polar surface area (TPSA) is 86.4 Å². The number of hydrogen-bond acceptors (Lipinski definition) is 3. The quantitative estimate of drug-likeness (QED) is 0.576. The molecule has 1 heterocycles. The number of nitrogens with zero attached hydrogens (tertiary/aromatic N) is 1. The summed E-state index contributed by atoms with van der Waals surface area (Å²) in [5, 5.41) is 14.7. The molecule has 0 aliphatic carbocycles. The van der Waals surface area contributed by atoms with Gasteiger partial charge >= 0.3 is 0 Å². The summed E-state index contributed by atoms with van der Waals surface area (Å²) in [6.45, 7) is 8.93. The third-order valence-electron chi connectivity index (χ3n) is 3.93. The molecule has 19 heavy (non-hydrogen) atoms. The van der Waals surface area contributed by atoms with Gasteiger partial charge in [-0.15, -0.1) is 0 Å². The molecule has 6 nitrogen and oxygen atoms in total. The Labute approximate surface area is 114 Å². The van der Waals surface area contributed by atoms with E-state index in [-0.39, 0.29) is 23.8 Å². The van der Waals surface area contributed by atoms with Crippen LogP contribution in [0.2, 0.25) is 0 Å². The second kappa shape index (κ2) is 6.02. The molecule has 1 unspecified atom stereocenters. The second-order valence-electron chi connectivity index (χ2n) is 5.61. The first-order valence-corrected chi connectivity index (χ1v) is 6.64. The summed E-state index contributed by atoms with van der Waals surface area (Å²) in [5.74, 6) is -0.191. The molecule has 0 aromatic rings. The number of nitriles is 1. The van der Waals surface area contributed by atoms with Crippen LogP contribution >= 0.6 is 0 Å². The van der Waals surface area contributed by atoms with Crippen LogP contribution in [0.5, 0.6) is 0 Å². The third kappa shape index (κ3) is 3.67. The van der Waals surface area contributed by atoms with Gasteiger partial charge in [-0.2, -0.15) is 5.26 Å². The number of carbonyl (C=O) groups is 2. The van der Waals surface area contributed by atoms with Gasteiger partial charge in [-0.3, -0.25) is 9.59 Å². The van der Waals surface area contributed by atoms with Crippen molar-refractivity contribution in [3.05, 3.63) is 0 Å². The van der Waals surface area contributed by atoms with Crippen LogP contribution in [-0.2, 0) is 9.59 Å². The first-order valence-electron chi connectivity index (χ1n) is 6.64. The van der Waals surface area contributed by atoms with E-state index in [0.717, 1.165) is 11.4 Å². The van der Waals surface area contributed by atoms with E-state index in [9.17, 15) is 14.9 Å². The lowest BCUT2D eigenvalue weighted by Gasteiger charge is -2.32. The van der Waals surface area contributed by atoms with Crippen molar-refractivity contribution in [1.82, 2.24) is 10.6 Å². The van der Waals surface area contributed by atoms with Gasteiger partial charge in [-0.1, -0.05) is 13.8 Å². The number of nitrogens with one attached hydrogen (secondary N) is 3. The second-order valence-corrected chi connectivity index (χ2v) is 5.61. The SMILES string of the molecule is CC(C)[C@@](C)(C#N)NC(=O)[C@@H](C)[NH+]1CCNC(=O)C1. The van der Waals surface area contributed by atoms with Crippen LogP contribution in [0, 0.1) is 17.2 Å². The molecule has 0 saturated carbocycles. The maximum atomic E-state index is 12.2. The van der Waals surface area contributed by atoms with E-state index in [2.05, 4.69) is 16.7 Å².